The minimum Gasteiger partial charge on any atom is -0.491 e. The minimum atomic E-state index is -1.09. The molecule has 0 radical (unpaired) electrons. The lowest BCUT2D eigenvalue weighted by Crippen LogP contribution is -2.33. The van der Waals surface area contributed by atoms with Crippen LogP contribution in [0.2, 0.25) is 5.02 Å². The van der Waals surface area contributed by atoms with E-state index < -0.39 is 5.97 Å². The molecule has 1 saturated heterocycles. The van der Waals surface area contributed by atoms with Crippen LogP contribution < -0.4 is 4.74 Å². The molecular formula is C18H20ClN3O3. The quantitative estimate of drug-likeness (QED) is 0.850. The maximum atomic E-state index is 11.0. The third-order valence-corrected chi connectivity index (χ3v) is 4.52. The number of hydrogen-bond donors (Lipinski definition) is 1. The number of carboxylic acids is 1. The average molecular weight is 362 g/mol. The lowest BCUT2D eigenvalue weighted by atomic mass is 10.1. The van der Waals surface area contributed by atoms with Gasteiger partial charge in [0.05, 0.1) is 10.7 Å². The molecule has 1 aliphatic rings. The summed E-state index contributed by atoms with van der Waals surface area (Å²) < 4.78 is 5.79. The number of rotatable bonds is 6. The molecular weight excluding hydrogens is 342 g/mol. The van der Waals surface area contributed by atoms with Gasteiger partial charge in [-0.15, -0.1) is 0 Å². The summed E-state index contributed by atoms with van der Waals surface area (Å²) in [5.41, 5.74) is 1.18. The van der Waals surface area contributed by atoms with Crippen molar-refractivity contribution in [2.24, 2.45) is 0 Å². The van der Waals surface area contributed by atoms with Gasteiger partial charge >= 0.3 is 5.97 Å². The molecule has 2 heterocycles. The first-order chi connectivity index (χ1) is 12.1. The van der Waals surface area contributed by atoms with Crippen LogP contribution in [0.15, 0.2) is 30.6 Å². The van der Waals surface area contributed by atoms with Crippen LogP contribution in [-0.4, -0.2) is 52.2 Å². The lowest BCUT2D eigenvalue weighted by molar-refractivity contribution is 0.0690. The molecule has 0 saturated carbocycles. The van der Waals surface area contributed by atoms with E-state index in [1.807, 2.05) is 6.07 Å². The zero-order valence-electron chi connectivity index (χ0n) is 13.8. The average Bonchev–Trinajstić information content (AvgIpc) is 2.64. The number of likely N-dealkylation sites (tertiary alicyclic amines) is 1. The fourth-order valence-corrected chi connectivity index (χ4v) is 3.11. The number of aromatic nitrogens is 2. The van der Waals surface area contributed by atoms with Crippen LogP contribution in [0.4, 0.5) is 0 Å². The molecule has 0 unspecified atom stereocenters. The fraction of sp³-hybridized carbons (Fsp3) is 0.389. The second-order valence-electron chi connectivity index (χ2n) is 5.99. The standard InChI is InChI=1S/C18H20ClN3O3/c19-14-10-13(15-11-16(18(23)24)21-12-20-15)4-5-17(14)25-9-8-22-6-2-1-3-7-22/h4-5,10-12H,1-3,6-9H2,(H,23,24). The SMILES string of the molecule is O=C(O)c1cc(-c2ccc(OCCN3CCCCC3)c(Cl)c2)ncn1. The number of ether oxygens (including phenoxy) is 1. The largest absolute Gasteiger partial charge is 0.491 e. The summed E-state index contributed by atoms with van der Waals surface area (Å²) in [7, 11) is 0. The second kappa shape index (κ2) is 8.27. The molecule has 0 bridgehead atoms. The summed E-state index contributed by atoms with van der Waals surface area (Å²) in [5.74, 6) is -0.470. The smallest absolute Gasteiger partial charge is 0.354 e. The van der Waals surface area contributed by atoms with E-state index in [2.05, 4.69) is 14.9 Å². The van der Waals surface area contributed by atoms with Crippen molar-refractivity contribution in [1.82, 2.24) is 14.9 Å². The highest BCUT2D eigenvalue weighted by atomic mass is 35.5. The maximum absolute atomic E-state index is 11.0. The molecule has 1 N–H and O–H groups in total. The molecule has 1 aromatic carbocycles. The first-order valence-corrected chi connectivity index (χ1v) is 8.72. The van der Waals surface area contributed by atoms with E-state index in [0.29, 0.717) is 23.1 Å². The normalized spacial score (nSPS) is 15.1. The van der Waals surface area contributed by atoms with Crippen LogP contribution >= 0.6 is 11.6 Å². The molecule has 0 amide bonds. The lowest BCUT2D eigenvalue weighted by Gasteiger charge is -2.26. The van der Waals surface area contributed by atoms with Crippen molar-refractivity contribution in [2.75, 3.05) is 26.2 Å². The van der Waals surface area contributed by atoms with Gasteiger partial charge in [0.25, 0.3) is 0 Å². The first-order valence-electron chi connectivity index (χ1n) is 8.34. The van der Waals surface area contributed by atoms with Gasteiger partial charge in [0.2, 0.25) is 0 Å². The van der Waals surface area contributed by atoms with Gasteiger partial charge in [-0.3, -0.25) is 4.90 Å². The Bertz CT molecular complexity index is 748. The van der Waals surface area contributed by atoms with Crippen molar-refractivity contribution >= 4 is 17.6 Å². The van der Waals surface area contributed by atoms with Crippen molar-refractivity contribution in [3.8, 4) is 17.0 Å². The summed E-state index contributed by atoms with van der Waals surface area (Å²) in [6, 6.07) is 6.75. The first kappa shape index (κ1) is 17.6. The zero-order chi connectivity index (χ0) is 17.6. The molecule has 7 heteroatoms. The maximum Gasteiger partial charge on any atom is 0.354 e. The van der Waals surface area contributed by atoms with Gasteiger partial charge in [0.15, 0.2) is 5.69 Å². The number of hydrogen-bond acceptors (Lipinski definition) is 5. The number of piperidine rings is 1. The highest BCUT2D eigenvalue weighted by Crippen LogP contribution is 2.29. The Hall–Kier alpha value is -2.18. The van der Waals surface area contributed by atoms with E-state index in [0.717, 1.165) is 25.2 Å². The Morgan fingerprint density at radius 1 is 1.20 bits per heavy atom. The molecule has 0 aliphatic carbocycles. The highest BCUT2D eigenvalue weighted by molar-refractivity contribution is 6.32. The van der Waals surface area contributed by atoms with E-state index in [1.165, 1.54) is 31.7 Å². The monoisotopic (exact) mass is 361 g/mol. The summed E-state index contributed by atoms with van der Waals surface area (Å²) in [4.78, 5) is 21.2. The van der Waals surface area contributed by atoms with Crippen molar-refractivity contribution in [2.45, 2.75) is 19.3 Å². The van der Waals surface area contributed by atoms with Gasteiger partial charge in [0.1, 0.15) is 18.7 Å². The van der Waals surface area contributed by atoms with Gasteiger partial charge in [-0.05, 0) is 50.2 Å². The number of carbonyl (C=O) groups is 1. The predicted octanol–water partition coefficient (Wildman–Crippen LogP) is 3.36. The van der Waals surface area contributed by atoms with Gasteiger partial charge < -0.3 is 9.84 Å². The number of aromatic carboxylic acids is 1. The molecule has 0 spiro atoms. The van der Waals surface area contributed by atoms with Crippen LogP contribution in [0.1, 0.15) is 29.8 Å². The predicted molar refractivity (Wildman–Crippen MR) is 95.2 cm³/mol. The second-order valence-corrected chi connectivity index (χ2v) is 6.40. The molecule has 0 atom stereocenters. The summed E-state index contributed by atoms with van der Waals surface area (Å²) in [6.45, 7) is 3.76. The molecule has 6 nitrogen and oxygen atoms in total. The molecule has 1 fully saturated rings. The zero-order valence-corrected chi connectivity index (χ0v) is 14.6. The van der Waals surface area contributed by atoms with E-state index in [-0.39, 0.29) is 5.69 Å². The Balaban J connectivity index is 1.64. The van der Waals surface area contributed by atoms with Crippen molar-refractivity contribution in [3.05, 3.63) is 41.3 Å². The van der Waals surface area contributed by atoms with Gasteiger partial charge in [0, 0.05) is 12.1 Å². The number of halogens is 1. The topological polar surface area (TPSA) is 75.6 Å². The molecule has 1 aromatic heterocycles. The van der Waals surface area contributed by atoms with Crippen molar-refractivity contribution in [1.29, 1.82) is 0 Å². The Labute approximate surface area is 151 Å². The Kier molecular flexibility index (Phi) is 5.83. The summed E-state index contributed by atoms with van der Waals surface area (Å²) in [6.07, 6.45) is 5.06. The van der Waals surface area contributed by atoms with Crippen molar-refractivity contribution in [3.63, 3.8) is 0 Å². The molecule has 25 heavy (non-hydrogen) atoms. The highest BCUT2D eigenvalue weighted by Gasteiger charge is 2.12. The van der Waals surface area contributed by atoms with Crippen LogP contribution in [0.25, 0.3) is 11.3 Å². The molecule has 132 valence electrons. The molecule has 2 aromatic rings. The molecule has 3 rings (SSSR count). The van der Waals surface area contributed by atoms with Gasteiger partial charge in [-0.2, -0.15) is 0 Å². The molecule has 1 aliphatic heterocycles. The van der Waals surface area contributed by atoms with Crippen LogP contribution in [0.5, 0.6) is 5.75 Å². The minimum absolute atomic E-state index is 0.0528. The van der Waals surface area contributed by atoms with Gasteiger partial charge in [-0.1, -0.05) is 18.0 Å². The van der Waals surface area contributed by atoms with E-state index in [1.54, 1.807) is 12.1 Å². The van der Waals surface area contributed by atoms with E-state index in [9.17, 15) is 4.79 Å². The third kappa shape index (κ3) is 4.67. The third-order valence-electron chi connectivity index (χ3n) is 4.23. The fourth-order valence-electron chi connectivity index (χ4n) is 2.88. The summed E-state index contributed by atoms with van der Waals surface area (Å²) >= 11 is 6.30. The van der Waals surface area contributed by atoms with E-state index in [4.69, 9.17) is 21.4 Å². The van der Waals surface area contributed by atoms with Crippen LogP contribution in [0.3, 0.4) is 0 Å². The Morgan fingerprint density at radius 2 is 2.00 bits per heavy atom. The summed E-state index contributed by atoms with van der Waals surface area (Å²) in [5, 5.41) is 9.50. The van der Waals surface area contributed by atoms with Crippen LogP contribution in [-0.2, 0) is 0 Å². The van der Waals surface area contributed by atoms with Crippen molar-refractivity contribution < 1.29 is 14.6 Å². The number of nitrogens with zero attached hydrogens (tertiary/aromatic N) is 3. The number of benzene rings is 1. The van der Waals surface area contributed by atoms with E-state index >= 15 is 0 Å². The Morgan fingerprint density at radius 3 is 2.72 bits per heavy atom. The van der Waals surface area contributed by atoms with Crippen LogP contribution in [0, 0.1) is 0 Å². The number of carboxylic acid groups (broad SMARTS) is 1. The van der Waals surface area contributed by atoms with Gasteiger partial charge in [-0.25, -0.2) is 14.8 Å².